The zero-order valence-corrected chi connectivity index (χ0v) is 14.1. The summed E-state index contributed by atoms with van der Waals surface area (Å²) in [6.07, 6.45) is 2.64. The van der Waals surface area contributed by atoms with Crippen LogP contribution in [0.4, 0.5) is 0 Å². The predicted molar refractivity (Wildman–Crippen MR) is 88.9 cm³/mol. The van der Waals surface area contributed by atoms with Gasteiger partial charge in [-0.3, -0.25) is 0 Å². The lowest BCUT2D eigenvalue weighted by Crippen LogP contribution is -2.38. The van der Waals surface area contributed by atoms with Crippen molar-refractivity contribution in [2.24, 2.45) is 5.92 Å². The molecule has 1 aliphatic heterocycles. The van der Waals surface area contributed by atoms with Crippen molar-refractivity contribution in [1.29, 1.82) is 0 Å². The van der Waals surface area contributed by atoms with Crippen molar-refractivity contribution in [2.45, 2.75) is 45.9 Å². The van der Waals surface area contributed by atoms with Gasteiger partial charge in [-0.05, 0) is 23.9 Å². The van der Waals surface area contributed by atoms with Gasteiger partial charge in [0.15, 0.2) is 0 Å². The summed E-state index contributed by atoms with van der Waals surface area (Å²) in [5.74, 6) is 0.760. The minimum absolute atomic E-state index is 0.180. The third-order valence-electron chi connectivity index (χ3n) is 4.42. The Hall–Kier alpha value is -1.24. The number of rotatable bonds is 7. The standard InChI is InChI=1S/C16H24N4OS/c1-3-12(4-2)7-17-8-14-9-20-15(10-21-14)16(18-19-20)13-5-6-22-11-13/h5-6,11-12,14,17H,3-4,7-10H2,1-2H3. The van der Waals surface area contributed by atoms with Crippen molar-refractivity contribution in [3.8, 4) is 11.3 Å². The lowest BCUT2D eigenvalue weighted by molar-refractivity contribution is 0.000999. The van der Waals surface area contributed by atoms with Gasteiger partial charge < -0.3 is 10.1 Å². The Morgan fingerprint density at radius 3 is 3.05 bits per heavy atom. The van der Waals surface area contributed by atoms with Crippen LogP contribution in [0.25, 0.3) is 11.3 Å². The largest absolute Gasteiger partial charge is 0.369 e. The molecule has 3 heterocycles. The van der Waals surface area contributed by atoms with Gasteiger partial charge in [0.25, 0.3) is 0 Å². The molecular formula is C16H24N4OS. The highest BCUT2D eigenvalue weighted by Gasteiger charge is 2.24. The quantitative estimate of drug-likeness (QED) is 0.852. The van der Waals surface area contributed by atoms with Gasteiger partial charge in [0.1, 0.15) is 5.69 Å². The maximum Gasteiger partial charge on any atom is 0.119 e. The van der Waals surface area contributed by atoms with Gasteiger partial charge in [0.2, 0.25) is 0 Å². The lowest BCUT2D eigenvalue weighted by atomic mass is 10.0. The summed E-state index contributed by atoms with van der Waals surface area (Å²) in [6, 6.07) is 2.08. The van der Waals surface area contributed by atoms with Crippen molar-refractivity contribution >= 4 is 11.3 Å². The van der Waals surface area contributed by atoms with E-state index in [0.29, 0.717) is 6.61 Å². The molecule has 2 aromatic rings. The zero-order valence-electron chi connectivity index (χ0n) is 13.3. The molecule has 1 N–H and O–H groups in total. The topological polar surface area (TPSA) is 52.0 Å². The second kappa shape index (κ2) is 7.35. The minimum atomic E-state index is 0.180. The molecule has 0 aliphatic carbocycles. The van der Waals surface area contributed by atoms with E-state index in [-0.39, 0.29) is 6.10 Å². The second-order valence-corrected chi connectivity index (χ2v) is 6.63. The molecule has 5 nitrogen and oxygen atoms in total. The van der Waals surface area contributed by atoms with Crippen molar-refractivity contribution in [1.82, 2.24) is 20.3 Å². The maximum absolute atomic E-state index is 5.99. The Morgan fingerprint density at radius 2 is 2.32 bits per heavy atom. The SMILES string of the molecule is CCC(CC)CNCC1Cn2nnc(-c3ccsc3)c2CO1. The Labute approximate surface area is 135 Å². The third-order valence-corrected chi connectivity index (χ3v) is 5.11. The first-order chi connectivity index (χ1) is 10.8. The Morgan fingerprint density at radius 1 is 1.45 bits per heavy atom. The summed E-state index contributed by atoms with van der Waals surface area (Å²) < 4.78 is 7.99. The van der Waals surface area contributed by atoms with Crippen LogP contribution in [0.3, 0.4) is 0 Å². The van der Waals surface area contributed by atoms with Gasteiger partial charge in [-0.15, -0.1) is 5.10 Å². The van der Waals surface area contributed by atoms with Crippen molar-refractivity contribution in [3.05, 3.63) is 22.5 Å². The summed E-state index contributed by atoms with van der Waals surface area (Å²) in [7, 11) is 0. The Bertz CT molecular complexity index is 577. The molecule has 0 bridgehead atoms. The van der Waals surface area contributed by atoms with E-state index in [9.17, 15) is 0 Å². The average molecular weight is 320 g/mol. The van der Waals surface area contributed by atoms with E-state index in [1.54, 1.807) is 11.3 Å². The number of aromatic nitrogens is 3. The molecule has 0 amide bonds. The fourth-order valence-corrected chi connectivity index (χ4v) is 3.48. The van der Waals surface area contributed by atoms with Crippen LogP contribution in [-0.2, 0) is 17.9 Å². The number of hydrogen-bond donors (Lipinski definition) is 1. The lowest BCUT2D eigenvalue weighted by Gasteiger charge is -2.25. The normalized spacial score (nSPS) is 17.9. The van der Waals surface area contributed by atoms with Gasteiger partial charge in [0.05, 0.1) is 24.9 Å². The van der Waals surface area contributed by atoms with E-state index in [2.05, 4.69) is 46.3 Å². The van der Waals surface area contributed by atoms with E-state index in [1.165, 1.54) is 12.8 Å². The minimum Gasteiger partial charge on any atom is -0.369 e. The van der Waals surface area contributed by atoms with E-state index < -0.39 is 0 Å². The molecule has 3 rings (SSSR count). The molecule has 0 spiro atoms. The highest BCUT2D eigenvalue weighted by atomic mass is 32.1. The van der Waals surface area contributed by atoms with Crippen molar-refractivity contribution < 1.29 is 4.74 Å². The number of hydrogen-bond acceptors (Lipinski definition) is 5. The predicted octanol–water partition coefficient (Wildman–Crippen LogP) is 2.93. The third kappa shape index (κ3) is 3.39. The van der Waals surface area contributed by atoms with E-state index >= 15 is 0 Å². The number of nitrogens with one attached hydrogen (secondary N) is 1. The molecule has 1 unspecified atom stereocenters. The molecule has 0 radical (unpaired) electrons. The molecular weight excluding hydrogens is 296 g/mol. The number of nitrogens with zero attached hydrogens (tertiary/aromatic N) is 3. The zero-order chi connectivity index (χ0) is 15.4. The van der Waals surface area contributed by atoms with Crippen molar-refractivity contribution in [2.75, 3.05) is 13.1 Å². The van der Waals surface area contributed by atoms with Crippen LogP contribution >= 0.6 is 11.3 Å². The molecule has 0 aromatic carbocycles. The molecule has 1 atom stereocenters. The molecule has 0 saturated heterocycles. The van der Waals surface area contributed by atoms with E-state index in [0.717, 1.165) is 42.5 Å². The van der Waals surface area contributed by atoms with Crippen LogP contribution in [0, 0.1) is 5.92 Å². The van der Waals surface area contributed by atoms with Crippen LogP contribution in [0.5, 0.6) is 0 Å². The monoisotopic (exact) mass is 320 g/mol. The van der Waals surface area contributed by atoms with Gasteiger partial charge >= 0.3 is 0 Å². The van der Waals surface area contributed by atoms with Crippen LogP contribution < -0.4 is 5.32 Å². The molecule has 0 saturated carbocycles. The molecule has 22 heavy (non-hydrogen) atoms. The van der Waals surface area contributed by atoms with Gasteiger partial charge in [-0.2, -0.15) is 11.3 Å². The molecule has 120 valence electrons. The van der Waals surface area contributed by atoms with Crippen LogP contribution in [0.1, 0.15) is 32.4 Å². The highest BCUT2D eigenvalue weighted by Crippen LogP contribution is 2.26. The number of fused-ring (bicyclic) bond motifs is 1. The number of ether oxygens (including phenoxy) is 1. The fourth-order valence-electron chi connectivity index (χ4n) is 2.84. The Kier molecular flexibility index (Phi) is 5.23. The van der Waals surface area contributed by atoms with Gasteiger partial charge in [-0.1, -0.05) is 31.9 Å². The summed E-state index contributed by atoms with van der Waals surface area (Å²) >= 11 is 1.68. The molecule has 2 aromatic heterocycles. The van der Waals surface area contributed by atoms with Crippen LogP contribution in [0.2, 0.25) is 0 Å². The highest BCUT2D eigenvalue weighted by molar-refractivity contribution is 7.08. The Balaban J connectivity index is 1.56. The maximum atomic E-state index is 5.99. The van der Waals surface area contributed by atoms with Crippen molar-refractivity contribution in [3.63, 3.8) is 0 Å². The van der Waals surface area contributed by atoms with Gasteiger partial charge in [-0.25, -0.2) is 4.68 Å². The number of thiophene rings is 1. The molecule has 0 fully saturated rings. The summed E-state index contributed by atoms with van der Waals surface area (Å²) in [5.41, 5.74) is 3.19. The first-order valence-electron chi connectivity index (χ1n) is 8.09. The average Bonchev–Trinajstić information content (AvgIpc) is 3.20. The van der Waals surface area contributed by atoms with Crippen LogP contribution in [0.15, 0.2) is 16.8 Å². The second-order valence-electron chi connectivity index (χ2n) is 5.85. The van der Waals surface area contributed by atoms with E-state index in [1.807, 2.05) is 4.68 Å². The summed E-state index contributed by atoms with van der Waals surface area (Å²) in [4.78, 5) is 0. The first-order valence-corrected chi connectivity index (χ1v) is 9.03. The van der Waals surface area contributed by atoms with Gasteiger partial charge in [0, 0.05) is 17.5 Å². The fraction of sp³-hybridized carbons (Fsp3) is 0.625. The summed E-state index contributed by atoms with van der Waals surface area (Å²) in [5, 5.41) is 16.3. The van der Waals surface area contributed by atoms with E-state index in [4.69, 9.17) is 4.74 Å². The molecule has 6 heteroatoms. The smallest absolute Gasteiger partial charge is 0.119 e. The van der Waals surface area contributed by atoms with Crippen LogP contribution in [-0.4, -0.2) is 34.2 Å². The summed E-state index contributed by atoms with van der Waals surface area (Å²) in [6.45, 7) is 7.82. The molecule has 1 aliphatic rings. The first kappa shape index (κ1) is 15.6.